The standard InChI is InChI=1S/C16H18N2O/c1-12(13-6-4-3-5-7-13)16(19)18(2)15-10-8-14(17)9-11-15/h3-12H,17H2,1-2H3. The molecule has 3 heteroatoms. The van der Waals surface area contributed by atoms with Crippen LogP contribution in [0.1, 0.15) is 18.4 Å². The molecule has 0 bridgehead atoms. The fraction of sp³-hybridized carbons (Fsp3) is 0.188. The summed E-state index contributed by atoms with van der Waals surface area (Å²) < 4.78 is 0. The normalized spacial score (nSPS) is 11.9. The number of rotatable bonds is 3. The molecule has 2 N–H and O–H groups in total. The lowest BCUT2D eigenvalue weighted by molar-refractivity contribution is -0.119. The highest BCUT2D eigenvalue weighted by atomic mass is 16.2. The van der Waals surface area contributed by atoms with Gasteiger partial charge in [0.25, 0.3) is 0 Å². The molecule has 0 spiro atoms. The molecule has 19 heavy (non-hydrogen) atoms. The molecule has 2 rings (SSSR count). The van der Waals surface area contributed by atoms with Crippen LogP contribution in [0.3, 0.4) is 0 Å². The Labute approximate surface area is 113 Å². The van der Waals surface area contributed by atoms with Gasteiger partial charge in [0, 0.05) is 18.4 Å². The third kappa shape index (κ3) is 2.94. The Kier molecular flexibility index (Phi) is 3.85. The summed E-state index contributed by atoms with van der Waals surface area (Å²) in [4.78, 5) is 14.1. The lowest BCUT2D eigenvalue weighted by Gasteiger charge is -2.22. The van der Waals surface area contributed by atoms with Gasteiger partial charge >= 0.3 is 0 Å². The average molecular weight is 254 g/mol. The molecular weight excluding hydrogens is 236 g/mol. The number of benzene rings is 2. The zero-order valence-corrected chi connectivity index (χ0v) is 11.2. The lowest BCUT2D eigenvalue weighted by Crippen LogP contribution is -2.30. The van der Waals surface area contributed by atoms with Crippen molar-refractivity contribution in [2.75, 3.05) is 17.7 Å². The van der Waals surface area contributed by atoms with Gasteiger partial charge in [-0.1, -0.05) is 30.3 Å². The summed E-state index contributed by atoms with van der Waals surface area (Å²) in [6.07, 6.45) is 0. The smallest absolute Gasteiger partial charge is 0.233 e. The van der Waals surface area contributed by atoms with E-state index in [2.05, 4.69) is 0 Å². The molecule has 3 nitrogen and oxygen atoms in total. The topological polar surface area (TPSA) is 46.3 Å². The molecule has 0 saturated carbocycles. The van der Waals surface area contributed by atoms with Crippen LogP contribution in [0.25, 0.3) is 0 Å². The summed E-state index contributed by atoms with van der Waals surface area (Å²) in [5.74, 6) is -0.0975. The lowest BCUT2D eigenvalue weighted by atomic mass is 10.00. The molecule has 2 aromatic carbocycles. The van der Waals surface area contributed by atoms with E-state index >= 15 is 0 Å². The van der Waals surface area contributed by atoms with Crippen LogP contribution in [0.2, 0.25) is 0 Å². The SMILES string of the molecule is CC(C(=O)N(C)c1ccc(N)cc1)c1ccccc1. The van der Waals surface area contributed by atoms with Gasteiger partial charge in [-0.2, -0.15) is 0 Å². The van der Waals surface area contributed by atoms with Crippen LogP contribution < -0.4 is 10.6 Å². The Morgan fingerprint density at radius 3 is 2.21 bits per heavy atom. The second-order valence-corrected chi connectivity index (χ2v) is 4.62. The van der Waals surface area contributed by atoms with Crippen LogP contribution >= 0.6 is 0 Å². The van der Waals surface area contributed by atoms with Gasteiger partial charge in [-0.3, -0.25) is 4.79 Å². The number of likely N-dealkylation sites (N-methyl/N-ethyl adjacent to an activating group) is 1. The highest BCUT2D eigenvalue weighted by molar-refractivity contribution is 5.97. The number of anilines is 2. The molecular formula is C16H18N2O. The fourth-order valence-corrected chi connectivity index (χ4v) is 2.00. The Bertz CT molecular complexity index is 549. The monoisotopic (exact) mass is 254 g/mol. The molecule has 0 heterocycles. The molecule has 0 radical (unpaired) electrons. The van der Waals surface area contributed by atoms with Crippen molar-refractivity contribution in [3.8, 4) is 0 Å². The fourth-order valence-electron chi connectivity index (χ4n) is 2.00. The Morgan fingerprint density at radius 1 is 1.05 bits per heavy atom. The van der Waals surface area contributed by atoms with Crippen molar-refractivity contribution in [2.24, 2.45) is 0 Å². The van der Waals surface area contributed by atoms with Crippen LogP contribution in [0.4, 0.5) is 11.4 Å². The second-order valence-electron chi connectivity index (χ2n) is 4.62. The van der Waals surface area contributed by atoms with Crippen molar-refractivity contribution in [1.82, 2.24) is 0 Å². The molecule has 0 fully saturated rings. The number of amides is 1. The zero-order valence-electron chi connectivity index (χ0n) is 11.2. The van der Waals surface area contributed by atoms with Gasteiger partial charge in [-0.25, -0.2) is 0 Å². The van der Waals surface area contributed by atoms with Gasteiger partial charge in [0.1, 0.15) is 0 Å². The summed E-state index contributed by atoms with van der Waals surface area (Å²) in [7, 11) is 1.79. The molecule has 2 aromatic rings. The van der Waals surface area contributed by atoms with E-state index in [0.29, 0.717) is 5.69 Å². The van der Waals surface area contributed by atoms with Crippen LogP contribution in [-0.2, 0) is 4.79 Å². The summed E-state index contributed by atoms with van der Waals surface area (Å²) in [5.41, 5.74) is 8.22. The molecule has 0 aliphatic carbocycles. The van der Waals surface area contributed by atoms with Gasteiger partial charge in [0.15, 0.2) is 0 Å². The number of nitrogens with zero attached hydrogens (tertiary/aromatic N) is 1. The summed E-state index contributed by atoms with van der Waals surface area (Å²) in [5, 5.41) is 0. The number of nitrogens with two attached hydrogens (primary N) is 1. The highest BCUT2D eigenvalue weighted by Crippen LogP contribution is 2.22. The minimum absolute atomic E-state index is 0.0657. The maximum atomic E-state index is 12.4. The van der Waals surface area contributed by atoms with E-state index in [4.69, 9.17) is 5.73 Å². The molecule has 0 aliphatic rings. The molecule has 0 aliphatic heterocycles. The molecule has 1 amide bonds. The summed E-state index contributed by atoms with van der Waals surface area (Å²) >= 11 is 0. The highest BCUT2D eigenvalue weighted by Gasteiger charge is 2.19. The second kappa shape index (κ2) is 5.57. The minimum Gasteiger partial charge on any atom is -0.399 e. The van der Waals surface area contributed by atoms with Crippen LogP contribution in [0.15, 0.2) is 54.6 Å². The summed E-state index contributed by atoms with van der Waals surface area (Å²) in [6.45, 7) is 1.92. The van der Waals surface area contributed by atoms with Crippen molar-refractivity contribution in [3.63, 3.8) is 0 Å². The first-order chi connectivity index (χ1) is 9.09. The Balaban J connectivity index is 2.17. The van der Waals surface area contributed by atoms with Crippen molar-refractivity contribution in [1.29, 1.82) is 0 Å². The predicted octanol–water partition coefficient (Wildman–Crippen LogP) is 3.04. The number of carbonyl (C=O) groups excluding carboxylic acids is 1. The maximum absolute atomic E-state index is 12.4. The van der Waals surface area contributed by atoms with Crippen molar-refractivity contribution >= 4 is 17.3 Å². The largest absolute Gasteiger partial charge is 0.399 e. The van der Waals surface area contributed by atoms with Crippen LogP contribution in [0.5, 0.6) is 0 Å². The Morgan fingerprint density at radius 2 is 1.63 bits per heavy atom. The van der Waals surface area contributed by atoms with Crippen molar-refractivity contribution < 1.29 is 4.79 Å². The number of hydrogen-bond donors (Lipinski definition) is 1. The van der Waals surface area contributed by atoms with E-state index in [0.717, 1.165) is 11.3 Å². The van der Waals surface area contributed by atoms with E-state index in [1.165, 1.54) is 0 Å². The first-order valence-corrected chi connectivity index (χ1v) is 6.27. The maximum Gasteiger partial charge on any atom is 0.233 e. The van der Waals surface area contributed by atoms with Crippen molar-refractivity contribution in [3.05, 3.63) is 60.2 Å². The van der Waals surface area contributed by atoms with Gasteiger partial charge in [0.05, 0.1) is 5.92 Å². The average Bonchev–Trinajstić information content (AvgIpc) is 2.46. The first kappa shape index (κ1) is 13.1. The van der Waals surface area contributed by atoms with E-state index in [1.807, 2.05) is 49.4 Å². The van der Waals surface area contributed by atoms with Gasteiger partial charge in [-0.15, -0.1) is 0 Å². The van der Waals surface area contributed by atoms with E-state index < -0.39 is 0 Å². The van der Waals surface area contributed by atoms with E-state index in [1.54, 1.807) is 24.1 Å². The van der Waals surface area contributed by atoms with Crippen LogP contribution in [-0.4, -0.2) is 13.0 Å². The first-order valence-electron chi connectivity index (χ1n) is 6.27. The molecule has 1 atom stereocenters. The Hall–Kier alpha value is -2.29. The zero-order chi connectivity index (χ0) is 13.8. The molecule has 0 aromatic heterocycles. The minimum atomic E-state index is -0.163. The van der Waals surface area contributed by atoms with Crippen LogP contribution in [0, 0.1) is 0 Å². The molecule has 1 unspecified atom stereocenters. The summed E-state index contributed by atoms with van der Waals surface area (Å²) in [6, 6.07) is 17.1. The van der Waals surface area contributed by atoms with Gasteiger partial charge < -0.3 is 10.6 Å². The van der Waals surface area contributed by atoms with Gasteiger partial charge in [-0.05, 0) is 36.8 Å². The third-order valence-electron chi connectivity index (χ3n) is 3.28. The quantitative estimate of drug-likeness (QED) is 0.856. The van der Waals surface area contributed by atoms with E-state index in [9.17, 15) is 4.79 Å². The molecule has 0 saturated heterocycles. The predicted molar refractivity (Wildman–Crippen MR) is 79.1 cm³/mol. The van der Waals surface area contributed by atoms with Gasteiger partial charge in [0.2, 0.25) is 5.91 Å². The molecule has 98 valence electrons. The number of hydrogen-bond acceptors (Lipinski definition) is 2. The number of nitrogen functional groups attached to an aromatic ring is 1. The number of carbonyl (C=O) groups is 1. The van der Waals surface area contributed by atoms with Crippen molar-refractivity contribution in [2.45, 2.75) is 12.8 Å². The van der Waals surface area contributed by atoms with E-state index in [-0.39, 0.29) is 11.8 Å². The third-order valence-corrected chi connectivity index (χ3v) is 3.28.